The van der Waals surface area contributed by atoms with Gasteiger partial charge in [0.05, 0.1) is 12.5 Å². The van der Waals surface area contributed by atoms with Crippen LogP contribution < -0.4 is 11.1 Å². The van der Waals surface area contributed by atoms with Crippen molar-refractivity contribution >= 4 is 11.6 Å². The molecule has 0 bridgehead atoms. The molecule has 1 aromatic carbocycles. The molecule has 1 atom stereocenters. The van der Waals surface area contributed by atoms with Gasteiger partial charge >= 0.3 is 0 Å². The summed E-state index contributed by atoms with van der Waals surface area (Å²) < 4.78 is 0. The Morgan fingerprint density at radius 1 is 1.53 bits per heavy atom. The lowest BCUT2D eigenvalue weighted by Crippen LogP contribution is -2.30. The molecule has 1 aromatic heterocycles. The molecular formula is C14H18N4O. The second-order valence-corrected chi connectivity index (χ2v) is 4.42. The van der Waals surface area contributed by atoms with Crippen molar-refractivity contribution in [2.45, 2.75) is 25.8 Å². The van der Waals surface area contributed by atoms with Gasteiger partial charge in [-0.15, -0.1) is 0 Å². The topological polar surface area (TPSA) is 83.8 Å². The van der Waals surface area contributed by atoms with Crippen molar-refractivity contribution in [1.29, 1.82) is 0 Å². The van der Waals surface area contributed by atoms with E-state index in [1.54, 1.807) is 18.5 Å². The van der Waals surface area contributed by atoms with Crippen LogP contribution in [0.3, 0.4) is 0 Å². The molecule has 2 aromatic rings. The Hall–Kier alpha value is -2.30. The Bertz CT molecular complexity index is 536. The monoisotopic (exact) mass is 258 g/mol. The number of hydrogen-bond donors (Lipinski definition) is 3. The largest absolute Gasteiger partial charge is 0.399 e. The van der Waals surface area contributed by atoms with Gasteiger partial charge < -0.3 is 16.0 Å². The summed E-state index contributed by atoms with van der Waals surface area (Å²) >= 11 is 0. The Kier molecular flexibility index (Phi) is 4.18. The summed E-state index contributed by atoms with van der Waals surface area (Å²) in [5.74, 6) is 0.747. The lowest BCUT2D eigenvalue weighted by Gasteiger charge is -2.14. The first kappa shape index (κ1) is 13.1. The van der Waals surface area contributed by atoms with E-state index in [1.807, 2.05) is 25.1 Å². The number of nitrogens with two attached hydrogens (primary N) is 1. The molecule has 100 valence electrons. The number of nitrogen functional groups attached to an aromatic ring is 1. The highest BCUT2D eigenvalue weighted by Crippen LogP contribution is 2.12. The zero-order valence-electron chi connectivity index (χ0n) is 10.9. The molecule has 19 heavy (non-hydrogen) atoms. The summed E-state index contributed by atoms with van der Waals surface area (Å²) in [6.45, 7) is 2.01. The fourth-order valence-electron chi connectivity index (χ4n) is 1.97. The third-order valence-corrected chi connectivity index (χ3v) is 2.91. The molecular weight excluding hydrogens is 240 g/mol. The van der Waals surface area contributed by atoms with E-state index in [9.17, 15) is 4.79 Å². The summed E-state index contributed by atoms with van der Waals surface area (Å²) in [7, 11) is 0. The number of amides is 1. The molecule has 4 N–H and O–H groups in total. The van der Waals surface area contributed by atoms with E-state index in [0.717, 1.165) is 17.8 Å². The van der Waals surface area contributed by atoms with Crippen LogP contribution in [0.1, 0.15) is 30.8 Å². The van der Waals surface area contributed by atoms with Crippen LogP contribution in [0, 0.1) is 0 Å². The molecule has 0 aliphatic heterocycles. The predicted octanol–water partition coefficient (Wildman–Crippen LogP) is 1.80. The van der Waals surface area contributed by atoms with Crippen LogP contribution in [-0.4, -0.2) is 15.9 Å². The number of rotatable bonds is 5. The highest BCUT2D eigenvalue weighted by molar-refractivity contribution is 5.79. The van der Waals surface area contributed by atoms with Crippen molar-refractivity contribution in [2.75, 3.05) is 5.73 Å². The van der Waals surface area contributed by atoms with Gasteiger partial charge in [-0.25, -0.2) is 4.98 Å². The highest BCUT2D eigenvalue weighted by atomic mass is 16.1. The van der Waals surface area contributed by atoms with Crippen molar-refractivity contribution in [2.24, 2.45) is 0 Å². The second kappa shape index (κ2) is 6.04. The van der Waals surface area contributed by atoms with E-state index in [-0.39, 0.29) is 11.9 Å². The lowest BCUT2D eigenvalue weighted by molar-refractivity contribution is -0.121. The van der Waals surface area contributed by atoms with Gasteiger partial charge in [-0.05, 0) is 24.1 Å². The van der Waals surface area contributed by atoms with E-state index < -0.39 is 0 Å². The molecule has 1 amide bonds. The van der Waals surface area contributed by atoms with Crippen LogP contribution in [0.25, 0.3) is 0 Å². The van der Waals surface area contributed by atoms with Gasteiger partial charge in [0.15, 0.2) is 0 Å². The summed E-state index contributed by atoms with van der Waals surface area (Å²) in [5, 5.41) is 2.96. The van der Waals surface area contributed by atoms with Gasteiger partial charge in [-0.2, -0.15) is 0 Å². The van der Waals surface area contributed by atoms with Crippen molar-refractivity contribution in [3.8, 4) is 0 Å². The molecule has 0 aliphatic rings. The summed E-state index contributed by atoms with van der Waals surface area (Å²) in [5.41, 5.74) is 7.27. The van der Waals surface area contributed by atoms with E-state index >= 15 is 0 Å². The first-order valence-electron chi connectivity index (χ1n) is 6.32. The van der Waals surface area contributed by atoms with Gasteiger partial charge in [-0.3, -0.25) is 4.79 Å². The average molecular weight is 258 g/mol. The van der Waals surface area contributed by atoms with Crippen LogP contribution in [0.4, 0.5) is 5.69 Å². The molecule has 1 heterocycles. The minimum absolute atomic E-state index is 0.0335. The molecule has 0 saturated carbocycles. The van der Waals surface area contributed by atoms with Gasteiger partial charge in [-0.1, -0.05) is 19.1 Å². The number of carbonyl (C=O) groups excluding carboxylic acids is 1. The molecule has 0 aliphatic carbocycles. The Balaban J connectivity index is 1.97. The number of benzene rings is 1. The normalized spacial score (nSPS) is 12.1. The Morgan fingerprint density at radius 2 is 2.37 bits per heavy atom. The first-order valence-corrected chi connectivity index (χ1v) is 6.32. The predicted molar refractivity (Wildman–Crippen MR) is 74.3 cm³/mol. The third kappa shape index (κ3) is 3.58. The molecule has 0 radical (unpaired) electrons. The Morgan fingerprint density at radius 3 is 3.00 bits per heavy atom. The summed E-state index contributed by atoms with van der Waals surface area (Å²) in [6.07, 6.45) is 4.54. The summed E-state index contributed by atoms with van der Waals surface area (Å²) in [6, 6.07) is 7.28. The quantitative estimate of drug-likeness (QED) is 0.715. The number of aromatic nitrogens is 2. The number of anilines is 1. The molecule has 5 nitrogen and oxygen atoms in total. The van der Waals surface area contributed by atoms with Crippen LogP contribution in [0.2, 0.25) is 0 Å². The van der Waals surface area contributed by atoms with Crippen LogP contribution in [0.15, 0.2) is 36.7 Å². The van der Waals surface area contributed by atoms with Crippen LogP contribution >= 0.6 is 0 Å². The molecule has 5 heteroatoms. The molecule has 0 fully saturated rings. The van der Waals surface area contributed by atoms with Crippen LogP contribution in [0.5, 0.6) is 0 Å². The number of H-pyrrole nitrogens is 1. The van der Waals surface area contributed by atoms with Crippen molar-refractivity contribution in [3.63, 3.8) is 0 Å². The fraction of sp³-hybridized carbons (Fsp3) is 0.286. The van der Waals surface area contributed by atoms with Crippen molar-refractivity contribution in [1.82, 2.24) is 15.3 Å². The maximum atomic E-state index is 12.0. The first-order chi connectivity index (χ1) is 9.19. The smallest absolute Gasteiger partial charge is 0.225 e. The van der Waals surface area contributed by atoms with Gasteiger partial charge in [0.2, 0.25) is 5.91 Å². The van der Waals surface area contributed by atoms with Gasteiger partial charge in [0.1, 0.15) is 5.82 Å². The highest BCUT2D eigenvalue weighted by Gasteiger charge is 2.14. The SMILES string of the molecule is CCC(NC(=O)Cc1cccc(N)c1)c1ncc[nH]1. The number of nitrogens with one attached hydrogen (secondary N) is 2. The van der Waals surface area contributed by atoms with E-state index in [4.69, 9.17) is 5.73 Å². The van der Waals surface area contributed by atoms with Gasteiger partial charge in [0.25, 0.3) is 0 Å². The summed E-state index contributed by atoms with van der Waals surface area (Å²) in [4.78, 5) is 19.2. The number of hydrogen-bond acceptors (Lipinski definition) is 3. The lowest BCUT2D eigenvalue weighted by atomic mass is 10.1. The van der Waals surface area contributed by atoms with Gasteiger partial charge in [0, 0.05) is 18.1 Å². The number of carbonyl (C=O) groups is 1. The zero-order valence-corrected chi connectivity index (χ0v) is 10.9. The molecule has 0 saturated heterocycles. The van der Waals surface area contributed by atoms with E-state index in [1.165, 1.54) is 0 Å². The molecule has 0 spiro atoms. The Labute approximate surface area is 112 Å². The third-order valence-electron chi connectivity index (χ3n) is 2.91. The van der Waals surface area contributed by atoms with Crippen molar-refractivity contribution in [3.05, 3.63) is 48.0 Å². The minimum atomic E-state index is -0.0800. The van der Waals surface area contributed by atoms with Crippen LogP contribution in [-0.2, 0) is 11.2 Å². The maximum absolute atomic E-state index is 12.0. The average Bonchev–Trinajstić information content (AvgIpc) is 2.89. The molecule has 2 rings (SSSR count). The molecule has 1 unspecified atom stereocenters. The zero-order chi connectivity index (χ0) is 13.7. The number of nitrogens with zero attached hydrogens (tertiary/aromatic N) is 1. The maximum Gasteiger partial charge on any atom is 0.225 e. The second-order valence-electron chi connectivity index (χ2n) is 4.42. The fourth-order valence-corrected chi connectivity index (χ4v) is 1.97. The number of aromatic amines is 1. The van der Waals surface area contributed by atoms with E-state index in [2.05, 4.69) is 15.3 Å². The van der Waals surface area contributed by atoms with Crippen molar-refractivity contribution < 1.29 is 4.79 Å². The standard InChI is InChI=1S/C14H18N4O/c1-2-12(14-16-6-7-17-14)18-13(19)9-10-4-3-5-11(15)8-10/h3-8,12H,2,9,15H2,1H3,(H,16,17)(H,18,19). The number of imidazole rings is 1. The minimum Gasteiger partial charge on any atom is -0.399 e. The van der Waals surface area contributed by atoms with E-state index in [0.29, 0.717) is 12.1 Å².